The molecule has 0 aliphatic rings. The number of phosphoric ester groups is 1. The lowest BCUT2D eigenvalue weighted by Crippen LogP contribution is -1.88. The van der Waals surface area contributed by atoms with Crippen LogP contribution in [0.15, 0.2) is 11.8 Å². The van der Waals surface area contributed by atoms with Crippen molar-refractivity contribution in [1.82, 2.24) is 0 Å². The highest BCUT2D eigenvalue weighted by Crippen LogP contribution is 2.37. The summed E-state index contributed by atoms with van der Waals surface area (Å²) in [5.74, 6) is 0. The Kier molecular flexibility index (Phi) is 7.75. The summed E-state index contributed by atoms with van der Waals surface area (Å²) in [6, 6.07) is 0. The predicted molar refractivity (Wildman–Crippen MR) is 60.3 cm³/mol. The Balaban J connectivity index is 4.14. The maximum Gasteiger partial charge on any atom is 0.524 e. The van der Waals surface area contributed by atoms with E-state index in [1.54, 1.807) is 0 Å². The first kappa shape index (κ1) is 14.7. The number of hydrogen-bond acceptors (Lipinski definition) is 2. The molecule has 4 nitrogen and oxygen atoms in total. The Hall–Kier alpha value is -0.310. The van der Waals surface area contributed by atoms with E-state index in [-0.39, 0.29) is 0 Å². The lowest BCUT2D eigenvalue weighted by Gasteiger charge is -2.07. The molecule has 0 saturated carbocycles. The number of allylic oxidation sites excluding steroid dienone is 1. The highest BCUT2D eigenvalue weighted by atomic mass is 31.2. The molecule has 90 valence electrons. The van der Waals surface area contributed by atoms with Gasteiger partial charge in [0.2, 0.25) is 0 Å². The Morgan fingerprint density at radius 2 is 1.67 bits per heavy atom. The van der Waals surface area contributed by atoms with E-state index in [2.05, 4.69) is 18.4 Å². The third-order valence-electron chi connectivity index (χ3n) is 2.06. The third kappa shape index (κ3) is 9.98. The zero-order valence-electron chi connectivity index (χ0n) is 9.48. The Labute approximate surface area is 91.6 Å². The minimum atomic E-state index is -4.36. The number of hydrogen-bond donors (Lipinski definition) is 2. The maximum atomic E-state index is 10.5. The highest BCUT2D eigenvalue weighted by Gasteiger charge is 2.12. The van der Waals surface area contributed by atoms with Crippen molar-refractivity contribution in [3.63, 3.8) is 0 Å². The molecular formula is C10H21O4P. The lowest BCUT2D eigenvalue weighted by molar-refractivity contribution is 0.256. The van der Waals surface area contributed by atoms with Crippen LogP contribution in [0.3, 0.4) is 0 Å². The molecule has 15 heavy (non-hydrogen) atoms. The minimum absolute atomic E-state index is 0.858. The molecular weight excluding hydrogens is 215 g/mol. The van der Waals surface area contributed by atoms with Crippen LogP contribution in [0.5, 0.6) is 0 Å². The van der Waals surface area contributed by atoms with Gasteiger partial charge in [0.15, 0.2) is 0 Å². The van der Waals surface area contributed by atoms with Crippen molar-refractivity contribution in [3.05, 3.63) is 11.8 Å². The molecule has 0 atom stereocenters. The smallest absolute Gasteiger partial charge is 0.412 e. The summed E-state index contributed by atoms with van der Waals surface area (Å²) in [6.07, 6.45) is 7.15. The van der Waals surface area contributed by atoms with Crippen molar-refractivity contribution in [2.75, 3.05) is 0 Å². The number of unbranched alkanes of at least 4 members (excludes halogenated alkanes) is 2. The second-order valence-corrected chi connectivity index (χ2v) is 4.77. The van der Waals surface area contributed by atoms with Crippen molar-refractivity contribution < 1.29 is 18.9 Å². The van der Waals surface area contributed by atoms with Crippen LogP contribution in [0.25, 0.3) is 0 Å². The van der Waals surface area contributed by atoms with Crippen LogP contribution >= 0.6 is 7.82 Å². The van der Waals surface area contributed by atoms with Gasteiger partial charge >= 0.3 is 7.82 Å². The van der Waals surface area contributed by atoms with Crippen LogP contribution in [-0.2, 0) is 9.09 Å². The van der Waals surface area contributed by atoms with Gasteiger partial charge in [0, 0.05) is 0 Å². The zero-order valence-corrected chi connectivity index (χ0v) is 10.4. The van der Waals surface area contributed by atoms with E-state index in [1.807, 2.05) is 0 Å². The summed E-state index contributed by atoms with van der Waals surface area (Å²) in [5, 5.41) is 0. The van der Waals surface area contributed by atoms with E-state index in [1.165, 1.54) is 6.26 Å². The molecule has 0 rings (SSSR count). The average Bonchev–Trinajstić information content (AvgIpc) is 2.15. The lowest BCUT2D eigenvalue weighted by atomic mass is 10.0. The molecule has 0 amide bonds. The van der Waals surface area contributed by atoms with Crippen LogP contribution in [0.4, 0.5) is 0 Å². The fraction of sp³-hybridized carbons (Fsp3) is 0.800. The molecule has 0 fully saturated rings. The molecule has 2 N–H and O–H groups in total. The van der Waals surface area contributed by atoms with Gasteiger partial charge in [-0.15, -0.1) is 0 Å². The summed E-state index contributed by atoms with van der Waals surface area (Å²) in [5.41, 5.74) is 0.988. The van der Waals surface area contributed by atoms with Crippen LogP contribution in [0.1, 0.15) is 52.4 Å². The molecule has 0 unspecified atom stereocenters. The van der Waals surface area contributed by atoms with Crippen LogP contribution in [-0.4, -0.2) is 9.79 Å². The first-order valence-electron chi connectivity index (χ1n) is 5.41. The molecule has 0 saturated heterocycles. The Bertz CT molecular complexity index is 222. The standard InChI is InChI=1S/C10H21O4P/c1-3-5-7-10(8-6-4-2)9-14-15(11,12)13/h9H,3-8H2,1-2H3,(H2,11,12,13). The normalized spacial score (nSPS) is 11.2. The van der Waals surface area contributed by atoms with Crippen molar-refractivity contribution >= 4 is 7.82 Å². The zero-order chi connectivity index (χ0) is 11.7. The van der Waals surface area contributed by atoms with Gasteiger partial charge in [0.1, 0.15) is 0 Å². The predicted octanol–water partition coefficient (Wildman–Crippen LogP) is 3.36. The Morgan fingerprint density at radius 3 is 2.00 bits per heavy atom. The van der Waals surface area contributed by atoms with Gasteiger partial charge in [-0.1, -0.05) is 26.7 Å². The van der Waals surface area contributed by atoms with E-state index < -0.39 is 7.82 Å². The Morgan fingerprint density at radius 1 is 1.20 bits per heavy atom. The molecule has 0 spiro atoms. The fourth-order valence-electron chi connectivity index (χ4n) is 1.19. The van der Waals surface area contributed by atoms with Crippen molar-refractivity contribution in [3.8, 4) is 0 Å². The van der Waals surface area contributed by atoms with Gasteiger partial charge in [-0.3, -0.25) is 9.79 Å². The van der Waals surface area contributed by atoms with Gasteiger partial charge in [0.25, 0.3) is 0 Å². The summed E-state index contributed by atoms with van der Waals surface area (Å²) < 4.78 is 14.9. The van der Waals surface area contributed by atoms with Gasteiger partial charge < -0.3 is 4.52 Å². The molecule has 5 heteroatoms. The van der Waals surface area contributed by atoms with Gasteiger partial charge in [-0.05, 0) is 31.3 Å². The minimum Gasteiger partial charge on any atom is -0.412 e. The third-order valence-corrected chi connectivity index (χ3v) is 2.44. The maximum absolute atomic E-state index is 10.5. The number of phosphoric acid groups is 1. The van der Waals surface area contributed by atoms with Crippen LogP contribution < -0.4 is 0 Å². The van der Waals surface area contributed by atoms with Crippen LogP contribution in [0, 0.1) is 0 Å². The summed E-state index contributed by atoms with van der Waals surface area (Å²) in [7, 11) is -4.36. The summed E-state index contributed by atoms with van der Waals surface area (Å²) in [4.78, 5) is 17.1. The van der Waals surface area contributed by atoms with E-state index >= 15 is 0 Å². The van der Waals surface area contributed by atoms with Gasteiger partial charge in [0.05, 0.1) is 6.26 Å². The monoisotopic (exact) mass is 236 g/mol. The number of rotatable bonds is 8. The van der Waals surface area contributed by atoms with E-state index in [0.29, 0.717) is 0 Å². The second kappa shape index (κ2) is 7.91. The SMILES string of the molecule is CCCCC(=COP(=O)(O)O)CCCC. The molecule has 0 aliphatic carbocycles. The molecule has 0 aromatic heterocycles. The fourth-order valence-corrected chi connectivity index (χ4v) is 1.48. The topological polar surface area (TPSA) is 66.8 Å². The van der Waals surface area contributed by atoms with Crippen LogP contribution in [0.2, 0.25) is 0 Å². The van der Waals surface area contributed by atoms with Crippen molar-refractivity contribution in [1.29, 1.82) is 0 Å². The molecule has 0 aromatic rings. The molecule has 0 heterocycles. The van der Waals surface area contributed by atoms with Gasteiger partial charge in [-0.2, -0.15) is 0 Å². The summed E-state index contributed by atoms with van der Waals surface area (Å²) in [6.45, 7) is 4.17. The van der Waals surface area contributed by atoms with Gasteiger partial charge in [-0.25, -0.2) is 4.57 Å². The van der Waals surface area contributed by atoms with E-state index in [4.69, 9.17) is 9.79 Å². The molecule has 0 radical (unpaired) electrons. The van der Waals surface area contributed by atoms with E-state index in [9.17, 15) is 4.57 Å². The van der Waals surface area contributed by atoms with Crippen molar-refractivity contribution in [2.45, 2.75) is 52.4 Å². The van der Waals surface area contributed by atoms with E-state index in [0.717, 1.165) is 44.1 Å². The average molecular weight is 236 g/mol. The summed E-state index contributed by atoms with van der Waals surface area (Å²) >= 11 is 0. The first-order chi connectivity index (χ1) is 6.99. The quantitative estimate of drug-likeness (QED) is 0.501. The highest BCUT2D eigenvalue weighted by molar-refractivity contribution is 7.46. The molecule has 0 bridgehead atoms. The second-order valence-electron chi connectivity index (χ2n) is 3.58. The molecule has 0 aliphatic heterocycles. The van der Waals surface area contributed by atoms with Crippen molar-refractivity contribution in [2.24, 2.45) is 0 Å². The molecule has 0 aromatic carbocycles. The first-order valence-corrected chi connectivity index (χ1v) is 6.94. The largest absolute Gasteiger partial charge is 0.524 e.